The lowest BCUT2D eigenvalue weighted by Gasteiger charge is -2.14. The van der Waals surface area contributed by atoms with E-state index in [9.17, 15) is 10.1 Å². The minimum absolute atomic E-state index is 0.0671. The first-order valence-corrected chi connectivity index (χ1v) is 6.54. The molecule has 0 heterocycles. The number of rotatable bonds is 3. The van der Waals surface area contributed by atoms with Crippen LogP contribution in [0.4, 0.5) is 5.69 Å². The predicted molar refractivity (Wildman–Crippen MR) is 78.0 cm³/mol. The second kappa shape index (κ2) is 5.50. The summed E-state index contributed by atoms with van der Waals surface area (Å²) in [6, 6.07) is 12.1. The van der Waals surface area contributed by atoms with Crippen molar-refractivity contribution in [2.75, 3.05) is 0 Å². The molecule has 0 aliphatic heterocycles. The second-order valence-electron chi connectivity index (χ2n) is 4.36. The molecule has 0 saturated carbocycles. The number of nitro groups is 1. The molecule has 0 bridgehead atoms. The van der Waals surface area contributed by atoms with Crippen molar-refractivity contribution in [1.29, 1.82) is 0 Å². The lowest BCUT2D eigenvalue weighted by molar-refractivity contribution is -0.385. The van der Waals surface area contributed by atoms with E-state index in [1.807, 2.05) is 37.3 Å². The highest BCUT2D eigenvalue weighted by Crippen LogP contribution is 2.29. The zero-order chi connectivity index (χ0) is 14.0. The van der Waals surface area contributed by atoms with E-state index >= 15 is 0 Å². The van der Waals surface area contributed by atoms with E-state index in [1.165, 1.54) is 12.1 Å². The smallest absolute Gasteiger partial charge is 0.270 e. The topological polar surface area (TPSA) is 69.2 Å². The molecule has 0 aliphatic carbocycles. The highest BCUT2D eigenvalue weighted by atomic mass is 79.9. The van der Waals surface area contributed by atoms with E-state index in [1.54, 1.807) is 0 Å². The number of halogens is 1. The molecule has 2 aromatic carbocycles. The van der Waals surface area contributed by atoms with E-state index in [0.29, 0.717) is 0 Å². The Bertz CT molecular complexity index is 629. The molecule has 0 amide bonds. The molecule has 2 aromatic rings. The van der Waals surface area contributed by atoms with Gasteiger partial charge in [0, 0.05) is 16.6 Å². The summed E-state index contributed by atoms with van der Waals surface area (Å²) in [5.74, 6) is 0. The molecule has 0 fully saturated rings. The van der Waals surface area contributed by atoms with Crippen LogP contribution in [0.5, 0.6) is 0 Å². The quantitative estimate of drug-likeness (QED) is 0.692. The number of non-ortho nitro benzene ring substituents is 1. The van der Waals surface area contributed by atoms with Crippen LogP contribution in [-0.2, 0) is 0 Å². The Morgan fingerprint density at radius 2 is 1.95 bits per heavy atom. The lowest BCUT2D eigenvalue weighted by atomic mass is 9.97. The molecular formula is C14H13BrN2O2. The van der Waals surface area contributed by atoms with Crippen molar-refractivity contribution in [2.24, 2.45) is 5.73 Å². The Morgan fingerprint density at radius 3 is 2.58 bits per heavy atom. The Morgan fingerprint density at radius 1 is 1.26 bits per heavy atom. The summed E-state index contributed by atoms with van der Waals surface area (Å²) in [7, 11) is 0. The third-order valence-electron chi connectivity index (χ3n) is 2.89. The summed E-state index contributed by atoms with van der Waals surface area (Å²) in [5, 5.41) is 10.9. The Hall–Kier alpha value is -1.72. The molecule has 0 aromatic heterocycles. The van der Waals surface area contributed by atoms with Crippen LogP contribution in [0.25, 0.3) is 0 Å². The average molecular weight is 321 g/mol. The molecule has 1 atom stereocenters. The fraction of sp³-hybridized carbons (Fsp3) is 0.143. The highest BCUT2D eigenvalue weighted by molar-refractivity contribution is 9.10. The van der Waals surface area contributed by atoms with Gasteiger partial charge in [0.15, 0.2) is 0 Å². The van der Waals surface area contributed by atoms with Gasteiger partial charge in [-0.3, -0.25) is 10.1 Å². The molecule has 5 heteroatoms. The molecule has 1 unspecified atom stereocenters. The standard InChI is InChI=1S/C14H13BrN2O2/c1-9-6-10(8-11(7-9)17(18)19)14(16)12-4-2-3-5-13(12)15/h2-8,14H,16H2,1H3. The molecular weight excluding hydrogens is 308 g/mol. The van der Waals surface area contributed by atoms with Crippen LogP contribution in [0.1, 0.15) is 22.7 Å². The van der Waals surface area contributed by atoms with Gasteiger partial charge in [-0.2, -0.15) is 0 Å². The first-order valence-electron chi connectivity index (χ1n) is 5.75. The van der Waals surface area contributed by atoms with Crippen LogP contribution in [0, 0.1) is 17.0 Å². The van der Waals surface area contributed by atoms with Crippen LogP contribution in [0.2, 0.25) is 0 Å². The molecule has 98 valence electrons. The zero-order valence-corrected chi connectivity index (χ0v) is 11.9. The van der Waals surface area contributed by atoms with Crippen LogP contribution >= 0.6 is 15.9 Å². The lowest BCUT2D eigenvalue weighted by Crippen LogP contribution is -2.13. The number of aryl methyl sites for hydroxylation is 1. The monoisotopic (exact) mass is 320 g/mol. The van der Waals surface area contributed by atoms with E-state index in [0.717, 1.165) is 21.2 Å². The molecule has 0 radical (unpaired) electrons. The fourth-order valence-electron chi connectivity index (χ4n) is 1.98. The maximum absolute atomic E-state index is 10.9. The van der Waals surface area contributed by atoms with Crippen molar-refractivity contribution in [3.63, 3.8) is 0 Å². The van der Waals surface area contributed by atoms with E-state index in [-0.39, 0.29) is 5.69 Å². The SMILES string of the molecule is Cc1cc(C(N)c2ccccc2Br)cc([N+](=O)[O-])c1. The molecule has 19 heavy (non-hydrogen) atoms. The Kier molecular flexibility index (Phi) is 3.97. The van der Waals surface area contributed by atoms with E-state index in [2.05, 4.69) is 15.9 Å². The number of nitrogens with zero attached hydrogens (tertiary/aromatic N) is 1. The van der Waals surface area contributed by atoms with E-state index in [4.69, 9.17) is 5.73 Å². The summed E-state index contributed by atoms with van der Waals surface area (Å²) >= 11 is 3.45. The Balaban J connectivity index is 2.47. The van der Waals surface area contributed by atoms with Crippen LogP contribution in [-0.4, -0.2) is 4.92 Å². The van der Waals surface area contributed by atoms with Crippen LogP contribution < -0.4 is 5.73 Å². The maximum atomic E-state index is 10.9. The van der Waals surface area contributed by atoms with Crippen molar-refractivity contribution in [3.8, 4) is 0 Å². The summed E-state index contributed by atoms with van der Waals surface area (Å²) in [6.07, 6.45) is 0. The van der Waals surface area contributed by atoms with E-state index < -0.39 is 11.0 Å². The average Bonchev–Trinajstić information content (AvgIpc) is 2.37. The van der Waals surface area contributed by atoms with Crippen molar-refractivity contribution in [3.05, 3.63) is 73.7 Å². The van der Waals surface area contributed by atoms with Crippen molar-refractivity contribution >= 4 is 21.6 Å². The van der Waals surface area contributed by atoms with Gasteiger partial charge in [-0.25, -0.2) is 0 Å². The third kappa shape index (κ3) is 3.00. The number of nitro benzene ring substituents is 1. The highest BCUT2D eigenvalue weighted by Gasteiger charge is 2.16. The number of hydrogen-bond donors (Lipinski definition) is 1. The summed E-state index contributed by atoms with van der Waals surface area (Å²) in [5.41, 5.74) is 8.74. The van der Waals surface area contributed by atoms with Crippen molar-refractivity contribution < 1.29 is 4.92 Å². The molecule has 0 aliphatic rings. The summed E-state index contributed by atoms with van der Waals surface area (Å²) < 4.78 is 0.895. The van der Waals surface area contributed by atoms with Gasteiger partial charge in [-0.15, -0.1) is 0 Å². The predicted octanol–water partition coefficient (Wildman–Crippen LogP) is 3.71. The fourth-order valence-corrected chi connectivity index (χ4v) is 2.52. The number of hydrogen-bond acceptors (Lipinski definition) is 3. The Labute approximate surface area is 119 Å². The number of benzene rings is 2. The largest absolute Gasteiger partial charge is 0.320 e. The van der Waals surface area contributed by atoms with Gasteiger partial charge in [0.25, 0.3) is 5.69 Å². The molecule has 0 spiro atoms. The minimum Gasteiger partial charge on any atom is -0.320 e. The van der Waals surface area contributed by atoms with Crippen molar-refractivity contribution in [1.82, 2.24) is 0 Å². The van der Waals surface area contributed by atoms with Crippen LogP contribution in [0.15, 0.2) is 46.9 Å². The maximum Gasteiger partial charge on any atom is 0.270 e. The summed E-state index contributed by atoms with van der Waals surface area (Å²) in [4.78, 5) is 10.5. The zero-order valence-electron chi connectivity index (χ0n) is 10.3. The van der Waals surface area contributed by atoms with Gasteiger partial charge in [-0.05, 0) is 29.7 Å². The van der Waals surface area contributed by atoms with Gasteiger partial charge >= 0.3 is 0 Å². The summed E-state index contributed by atoms with van der Waals surface area (Å²) in [6.45, 7) is 1.82. The molecule has 0 saturated heterocycles. The minimum atomic E-state index is -0.400. The second-order valence-corrected chi connectivity index (χ2v) is 5.21. The first kappa shape index (κ1) is 13.7. The molecule has 2 rings (SSSR count). The van der Waals surface area contributed by atoms with Gasteiger partial charge in [0.2, 0.25) is 0 Å². The molecule has 4 nitrogen and oxygen atoms in total. The molecule has 2 N–H and O–H groups in total. The normalized spacial score (nSPS) is 12.2. The van der Waals surface area contributed by atoms with Gasteiger partial charge in [0.05, 0.1) is 11.0 Å². The van der Waals surface area contributed by atoms with Gasteiger partial charge in [-0.1, -0.05) is 40.2 Å². The number of nitrogens with two attached hydrogens (primary N) is 1. The van der Waals surface area contributed by atoms with Gasteiger partial charge in [0.1, 0.15) is 0 Å². The van der Waals surface area contributed by atoms with Crippen LogP contribution in [0.3, 0.4) is 0 Å². The third-order valence-corrected chi connectivity index (χ3v) is 3.62. The van der Waals surface area contributed by atoms with Gasteiger partial charge < -0.3 is 5.73 Å². The van der Waals surface area contributed by atoms with Crippen molar-refractivity contribution in [2.45, 2.75) is 13.0 Å². The first-order chi connectivity index (χ1) is 8.99.